The van der Waals surface area contributed by atoms with Crippen molar-refractivity contribution < 1.29 is 4.79 Å². The predicted molar refractivity (Wildman–Crippen MR) is 53.5 cm³/mol. The second kappa shape index (κ2) is 3.59. The van der Waals surface area contributed by atoms with Crippen molar-refractivity contribution in [2.75, 3.05) is 0 Å². The molecule has 3 N–H and O–H groups in total. The van der Waals surface area contributed by atoms with Gasteiger partial charge in [-0.05, 0) is 12.1 Å². The zero-order chi connectivity index (χ0) is 9.97. The van der Waals surface area contributed by atoms with Gasteiger partial charge >= 0.3 is 0 Å². The van der Waals surface area contributed by atoms with E-state index in [1.807, 2.05) is 24.3 Å². The Labute approximate surface area is 81.1 Å². The van der Waals surface area contributed by atoms with Crippen LogP contribution in [-0.4, -0.2) is 22.3 Å². The summed E-state index contributed by atoms with van der Waals surface area (Å²) < 4.78 is 0. The van der Waals surface area contributed by atoms with Crippen molar-refractivity contribution in [3.05, 3.63) is 30.1 Å². The van der Waals surface area contributed by atoms with Crippen molar-refractivity contribution >= 4 is 17.3 Å². The summed E-state index contributed by atoms with van der Waals surface area (Å²) in [5, 5.41) is 0. The number of imidazole rings is 1. The minimum Gasteiger partial charge on any atom is -0.342 e. The van der Waals surface area contributed by atoms with Crippen LogP contribution >= 0.6 is 0 Å². The molecule has 71 valence electrons. The van der Waals surface area contributed by atoms with Crippen molar-refractivity contribution in [1.82, 2.24) is 9.97 Å². The summed E-state index contributed by atoms with van der Waals surface area (Å²) in [7, 11) is 0. The molecule has 4 heteroatoms. The standard InChI is InChI=1S/C10H10N3O/c11-7(6-14)5-10-12-8-3-1-2-4-9(8)13-10/h1-4,7H,5,11H2,(H,12,13)/t7-/m1/s1. The molecule has 0 fully saturated rings. The van der Waals surface area contributed by atoms with Gasteiger partial charge in [0.1, 0.15) is 5.82 Å². The van der Waals surface area contributed by atoms with E-state index in [0.717, 1.165) is 16.9 Å². The van der Waals surface area contributed by atoms with Gasteiger partial charge in [0.05, 0.1) is 17.1 Å². The summed E-state index contributed by atoms with van der Waals surface area (Å²) in [4.78, 5) is 17.6. The van der Waals surface area contributed by atoms with Crippen LogP contribution in [0.2, 0.25) is 0 Å². The van der Waals surface area contributed by atoms with Gasteiger partial charge in [0, 0.05) is 6.42 Å². The maximum absolute atomic E-state index is 10.2. The lowest BCUT2D eigenvalue weighted by molar-refractivity contribution is 0.539. The Bertz CT molecular complexity index is 416. The zero-order valence-corrected chi connectivity index (χ0v) is 7.53. The molecule has 1 atom stereocenters. The Balaban J connectivity index is 2.31. The van der Waals surface area contributed by atoms with E-state index in [9.17, 15) is 4.79 Å². The molecule has 14 heavy (non-hydrogen) atoms. The van der Waals surface area contributed by atoms with Crippen LogP contribution in [0.5, 0.6) is 0 Å². The molecule has 0 unspecified atom stereocenters. The molecule has 2 aromatic rings. The fourth-order valence-corrected chi connectivity index (χ4v) is 1.35. The molecule has 0 bridgehead atoms. The molecule has 0 aliphatic rings. The number of para-hydroxylation sites is 2. The molecule has 0 saturated heterocycles. The number of H-pyrrole nitrogens is 1. The lowest BCUT2D eigenvalue weighted by Gasteiger charge is -1.96. The Morgan fingerprint density at radius 1 is 1.50 bits per heavy atom. The van der Waals surface area contributed by atoms with E-state index < -0.39 is 6.04 Å². The van der Waals surface area contributed by atoms with Gasteiger partial charge in [-0.3, -0.25) is 4.79 Å². The molecular formula is C10H10N3O. The van der Waals surface area contributed by atoms with Gasteiger partial charge < -0.3 is 10.7 Å². The average molecular weight is 188 g/mol. The lowest BCUT2D eigenvalue weighted by Crippen LogP contribution is -2.24. The first-order valence-electron chi connectivity index (χ1n) is 4.36. The number of nitrogens with two attached hydrogens (primary N) is 1. The molecule has 2 rings (SSSR count). The molecule has 0 spiro atoms. The minimum absolute atomic E-state index is 0.401. The Hall–Kier alpha value is -1.68. The van der Waals surface area contributed by atoms with E-state index in [0.29, 0.717) is 6.42 Å². The van der Waals surface area contributed by atoms with Gasteiger partial charge in [-0.1, -0.05) is 12.1 Å². The Kier molecular flexibility index (Phi) is 2.28. The number of aromatic nitrogens is 2. The molecule has 1 aromatic carbocycles. The number of rotatable bonds is 3. The van der Waals surface area contributed by atoms with Crippen molar-refractivity contribution in [2.45, 2.75) is 12.5 Å². The molecule has 0 amide bonds. The van der Waals surface area contributed by atoms with Crippen LogP contribution in [0.15, 0.2) is 24.3 Å². The van der Waals surface area contributed by atoms with E-state index in [4.69, 9.17) is 5.73 Å². The molecule has 1 heterocycles. The SMILES string of the molecule is N[C@@H]([C]=O)Cc1nc2ccccc2[nH]1. The van der Waals surface area contributed by atoms with E-state index in [1.165, 1.54) is 0 Å². The van der Waals surface area contributed by atoms with Crippen LogP contribution in [0.25, 0.3) is 11.0 Å². The van der Waals surface area contributed by atoms with Gasteiger partial charge in [0.2, 0.25) is 6.29 Å². The quantitative estimate of drug-likeness (QED) is 0.738. The first kappa shape index (κ1) is 8.90. The van der Waals surface area contributed by atoms with Crippen molar-refractivity contribution in [3.63, 3.8) is 0 Å². The highest BCUT2D eigenvalue weighted by molar-refractivity contribution is 5.74. The average Bonchev–Trinajstić information content (AvgIpc) is 2.59. The van der Waals surface area contributed by atoms with Crippen LogP contribution in [0.3, 0.4) is 0 Å². The number of nitrogens with one attached hydrogen (secondary N) is 1. The van der Waals surface area contributed by atoms with Crippen molar-refractivity contribution in [3.8, 4) is 0 Å². The van der Waals surface area contributed by atoms with Gasteiger partial charge in [0.15, 0.2) is 0 Å². The highest BCUT2D eigenvalue weighted by atomic mass is 16.1. The molecule has 4 nitrogen and oxygen atoms in total. The van der Waals surface area contributed by atoms with E-state index >= 15 is 0 Å². The van der Waals surface area contributed by atoms with E-state index in [-0.39, 0.29) is 0 Å². The van der Waals surface area contributed by atoms with Gasteiger partial charge in [0.25, 0.3) is 0 Å². The number of hydrogen-bond acceptors (Lipinski definition) is 3. The number of nitrogens with zero attached hydrogens (tertiary/aromatic N) is 1. The fourth-order valence-electron chi connectivity index (χ4n) is 1.35. The van der Waals surface area contributed by atoms with Crippen LogP contribution < -0.4 is 5.73 Å². The monoisotopic (exact) mass is 188 g/mol. The van der Waals surface area contributed by atoms with Crippen molar-refractivity contribution in [2.24, 2.45) is 5.73 Å². The molecule has 0 aliphatic heterocycles. The Morgan fingerprint density at radius 3 is 3.00 bits per heavy atom. The van der Waals surface area contributed by atoms with Gasteiger partial charge in [-0.2, -0.15) is 0 Å². The molecule has 1 aromatic heterocycles. The second-order valence-corrected chi connectivity index (χ2v) is 3.13. The van der Waals surface area contributed by atoms with E-state index in [2.05, 4.69) is 9.97 Å². The molecule has 0 saturated carbocycles. The third kappa shape index (κ3) is 1.65. The molecule has 1 radical (unpaired) electrons. The second-order valence-electron chi connectivity index (χ2n) is 3.13. The summed E-state index contributed by atoms with van der Waals surface area (Å²) >= 11 is 0. The first-order valence-corrected chi connectivity index (χ1v) is 4.36. The summed E-state index contributed by atoms with van der Waals surface area (Å²) in [6, 6.07) is 7.08. The number of hydrogen-bond donors (Lipinski definition) is 2. The summed E-state index contributed by atoms with van der Waals surface area (Å²) in [5.41, 5.74) is 7.29. The first-order chi connectivity index (χ1) is 6.79. The maximum atomic E-state index is 10.2. The third-order valence-electron chi connectivity index (χ3n) is 2.00. The maximum Gasteiger partial charge on any atom is 0.217 e. The number of carbonyl (C=O) groups excluding carboxylic acids is 1. The Morgan fingerprint density at radius 2 is 2.29 bits per heavy atom. The summed E-state index contributed by atoms with van der Waals surface area (Å²) in [6.45, 7) is 0. The van der Waals surface area contributed by atoms with Crippen LogP contribution in [-0.2, 0) is 11.2 Å². The smallest absolute Gasteiger partial charge is 0.217 e. The normalized spacial score (nSPS) is 12.9. The van der Waals surface area contributed by atoms with Crippen LogP contribution in [0, 0.1) is 0 Å². The predicted octanol–water partition coefficient (Wildman–Crippen LogP) is 0.542. The summed E-state index contributed by atoms with van der Waals surface area (Å²) in [5.74, 6) is 0.724. The molecular weight excluding hydrogens is 178 g/mol. The van der Waals surface area contributed by atoms with Crippen LogP contribution in [0.1, 0.15) is 5.82 Å². The fraction of sp³-hybridized carbons (Fsp3) is 0.200. The number of fused-ring (bicyclic) bond motifs is 1. The minimum atomic E-state index is -0.601. The largest absolute Gasteiger partial charge is 0.342 e. The summed E-state index contributed by atoms with van der Waals surface area (Å²) in [6.07, 6.45) is 2.13. The topological polar surface area (TPSA) is 71.8 Å². The highest BCUT2D eigenvalue weighted by Crippen LogP contribution is 2.10. The van der Waals surface area contributed by atoms with Crippen molar-refractivity contribution in [1.29, 1.82) is 0 Å². The number of aromatic amines is 1. The number of benzene rings is 1. The highest BCUT2D eigenvalue weighted by Gasteiger charge is 2.07. The third-order valence-corrected chi connectivity index (χ3v) is 2.00. The van der Waals surface area contributed by atoms with Crippen LogP contribution in [0.4, 0.5) is 0 Å². The van der Waals surface area contributed by atoms with Gasteiger partial charge in [-0.15, -0.1) is 0 Å². The van der Waals surface area contributed by atoms with Gasteiger partial charge in [-0.25, -0.2) is 4.98 Å². The van der Waals surface area contributed by atoms with E-state index in [1.54, 1.807) is 6.29 Å². The lowest BCUT2D eigenvalue weighted by atomic mass is 10.2. The molecule has 0 aliphatic carbocycles. The zero-order valence-electron chi connectivity index (χ0n) is 7.53.